The fourth-order valence-electron chi connectivity index (χ4n) is 2.41. The molecular weight excluding hydrogens is 395 g/mol. The molecule has 2 heterocycles. The maximum atomic E-state index is 12.4. The van der Waals surface area contributed by atoms with E-state index < -0.39 is 5.91 Å². The fraction of sp³-hybridized carbons (Fsp3) is 0. The Morgan fingerprint density at radius 1 is 1.12 bits per heavy atom. The SMILES string of the molecule is O=C(Nc1nc2ccc(Cl)cc2s1)c1cc(-c2cc(Cl)ccc2O)n[nH]1. The number of phenols is 1. The Bertz CT molecular complexity index is 1140. The minimum absolute atomic E-state index is 0.0240. The number of anilines is 1. The molecular formula is C17H10Cl2N4O2S. The third-order valence-electron chi connectivity index (χ3n) is 3.63. The van der Waals surface area contributed by atoms with Gasteiger partial charge in [0.1, 0.15) is 11.4 Å². The second-order valence-electron chi connectivity index (χ2n) is 5.41. The summed E-state index contributed by atoms with van der Waals surface area (Å²) in [6, 6.07) is 11.5. The van der Waals surface area contributed by atoms with Gasteiger partial charge in [-0.3, -0.25) is 15.2 Å². The molecule has 0 unspecified atom stereocenters. The van der Waals surface area contributed by atoms with Gasteiger partial charge >= 0.3 is 0 Å². The zero-order chi connectivity index (χ0) is 18.3. The van der Waals surface area contributed by atoms with Crippen molar-refractivity contribution >= 4 is 55.8 Å². The molecule has 6 nitrogen and oxygen atoms in total. The summed E-state index contributed by atoms with van der Waals surface area (Å²) in [5.41, 5.74) is 1.83. The van der Waals surface area contributed by atoms with Crippen molar-refractivity contribution in [3.05, 3.63) is 58.2 Å². The largest absolute Gasteiger partial charge is 0.507 e. The van der Waals surface area contributed by atoms with E-state index in [2.05, 4.69) is 20.5 Å². The number of phenolic OH excluding ortho intramolecular Hbond substituents is 1. The number of nitrogens with one attached hydrogen (secondary N) is 2. The summed E-state index contributed by atoms with van der Waals surface area (Å²) in [6.45, 7) is 0. The first-order chi connectivity index (χ1) is 12.5. The molecule has 1 amide bonds. The highest BCUT2D eigenvalue weighted by Gasteiger charge is 2.15. The Morgan fingerprint density at radius 2 is 1.88 bits per heavy atom. The van der Waals surface area contributed by atoms with Crippen LogP contribution >= 0.6 is 34.5 Å². The first kappa shape index (κ1) is 16.8. The Balaban J connectivity index is 1.58. The van der Waals surface area contributed by atoms with Crippen molar-refractivity contribution in [2.75, 3.05) is 5.32 Å². The minimum Gasteiger partial charge on any atom is -0.507 e. The monoisotopic (exact) mass is 404 g/mol. The van der Waals surface area contributed by atoms with Crippen LogP contribution in [-0.4, -0.2) is 26.2 Å². The fourth-order valence-corrected chi connectivity index (χ4v) is 3.71. The summed E-state index contributed by atoms with van der Waals surface area (Å²) in [4.78, 5) is 16.8. The highest BCUT2D eigenvalue weighted by Crippen LogP contribution is 2.31. The van der Waals surface area contributed by atoms with Crippen LogP contribution in [0, 0.1) is 0 Å². The summed E-state index contributed by atoms with van der Waals surface area (Å²) in [7, 11) is 0. The Hall–Kier alpha value is -2.61. The maximum Gasteiger partial charge on any atom is 0.275 e. The Labute approximate surface area is 161 Å². The molecule has 0 saturated heterocycles. The number of hydrogen-bond acceptors (Lipinski definition) is 5. The predicted octanol–water partition coefficient (Wildman–Crippen LogP) is 4.95. The standard InChI is InChI=1S/C17H10Cl2N4O2S/c18-8-2-4-14(24)10(5-8)12-7-13(23-22-12)16(25)21-17-20-11-3-1-9(19)6-15(11)26-17/h1-7,24H,(H,22,23)(H,20,21,25). The van der Waals surface area contributed by atoms with Gasteiger partial charge in [0.2, 0.25) is 0 Å². The lowest BCUT2D eigenvalue weighted by Crippen LogP contribution is -2.11. The van der Waals surface area contributed by atoms with Gasteiger partial charge in [-0.1, -0.05) is 34.5 Å². The molecule has 0 bridgehead atoms. The number of thiazole rings is 1. The number of aromatic nitrogens is 3. The molecule has 2 aromatic carbocycles. The van der Waals surface area contributed by atoms with Crippen molar-refractivity contribution < 1.29 is 9.90 Å². The van der Waals surface area contributed by atoms with Gasteiger partial charge in [0, 0.05) is 15.6 Å². The molecule has 26 heavy (non-hydrogen) atoms. The van der Waals surface area contributed by atoms with E-state index in [9.17, 15) is 9.90 Å². The quantitative estimate of drug-likeness (QED) is 0.450. The number of benzene rings is 2. The number of aromatic hydroxyl groups is 1. The molecule has 0 spiro atoms. The van der Waals surface area contributed by atoms with Crippen LogP contribution in [-0.2, 0) is 0 Å². The Morgan fingerprint density at radius 3 is 2.73 bits per heavy atom. The van der Waals surface area contributed by atoms with Crippen LogP contribution in [0.2, 0.25) is 10.0 Å². The van der Waals surface area contributed by atoms with Crippen LogP contribution < -0.4 is 5.32 Å². The molecule has 4 rings (SSSR count). The van der Waals surface area contributed by atoms with Crippen molar-refractivity contribution in [2.45, 2.75) is 0 Å². The van der Waals surface area contributed by atoms with Gasteiger partial charge in [-0.2, -0.15) is 5.10 Å². The molecule has 0 saturated carbocycles. The van der Waals surface area contributed by atoms with Gasteiger partial charge in [0.15, 0.2) is 5.13 Å². The van der Waals surface area contributed by atoms with Gasteiger partial charge in [-0.15, -0.1) is 0 Å². The van der Waals surface area contributed by atoms with E-state index in [1.165, 1.54) is 23.5 Å². The predicted molar refractivity (Wildman–Crippen MR) is 103 cm³/mol. The van der Waals surface area contributed by atoms with Crippen LogP contribution in [0.1, 0.15) is 10.5 Å². The zero-order valence-corrected chi connectivity index (χ0v) is 15.3. The van der Waals surface area contributed by atoms with Crippen molar-refractivity contribution in [3.63, 3.8) is 0 Å². The number of carbonyl (C=O) groups is 1. The second-order valence-corrected chi connectivity index (χ2v) is 7.32. The van der Waals surface area contributed by atoms with Crippen LogP contribution in [0.3, 0.4) is 0 Å². The van der Waals surface area contributed by atoms with Gasteiger partial charge in [-0.05, 0) is 42.5 Å². The summed E-state index contributed by atoms with van der Waals surface area (Å²) in [5, 5.41) is 20.9. The van der Waals surface area contributed by atoms with E-state index >= 15 is 0 Å². The second kappa shape index (κ2) is 6.60. The zero-order valence-electron chi connectivity index (χ0n) is 13.0. The van der Waals surface area contributed by atoms with Gasteiger partial charge in [0.05, 0.1) is 15.9 Å². The van der Waals surface area contributed by atoms with E-state index in [-0.39, 0.29) is 11.4 Å². The molecule has 0 atom stereocenters. The van der Waals surface area contributed by atoms with Crippen molar-refractivity contribution in [1.29, 1.82) is 0 Å². The molecule has 0 aliphatic carbocycles. The average Bonchev–Trinajstić information content (AvgIpc) is 3.23. The number of hydrogen-bond donors (Lipinski definition) is 3. The van der Waals surface area contributed by atoms with Crippen LogP contribution in [0.5, 0.6) is 5.75 Å². The molecule has 2 aromatic heterocycles. The number of halogens is 2. The van der Waals surface area contributed by atoms with E-state index in [0.29, 0.717) is 26.4 Å². The third-order valence-corrected chi connectivity index (χ3v) is 5.03. The summed E-state index contributed by atoms with van der Waals surface area (Å²) >= 11 is 13.2. The first-order valence-electron chi connectivity index (χ1n) is 7.41. The Kier molecular flexibility index (Phi) is 4.28. The number of carbonyl (C=O) groups excluding carboxylic acids is 1. The van der Waals surface area contributed by atoms with E-state index in [4.69, 9.17) is 23.2 Å². The van der Waals surface area contributed by atoms with Crippen LogP contribution in [0.25, 0.3) is 21.5 Å². The summed E-state index contributed by atoms with van der Waals surface area (Å²) in [6.07, 6.45) is 0. The van der Waals surface area contributed by atoms with Crippen LogP contribution in [0.4, 0.5) is 5.13 Å². The minimum atomic E-state index is -0.393. The molecule has 9 heteroatoms. The lowest BCUT2D eigenvalue weighted by atomic mass is 10.1. The molecule has 0 fully saturated rings. The molecule has 3 N–H and O–H groups in total. The van der Waals surface area contributed by atoms with E-state index in [0.717, 1.165) is 10.2 Å². The number of fused-ring (bicyclic) bond motifs is 1. The molecule has 0 radical (unpaired) electrons. The molecule has 0 aliphatic heterocycles. The van der Waals surface area contributed by atoms with E-state index in [1.54, 1.807) is 30.3 Å². The van der Waals surface area contributed by atoms with Crippen molar-refractivity contribution in [3.8, 4) is 17.0 Å². The first-order valence-corrected chi connectivity index (χ1v) is 8.98. The molecule has 0 aliphatic rings. The lowest BCUT2D eigenvalue weighted by Gasteiger charge is -2.00. The average molecular weight is 405 g/mol. The number of H-pyrrole nitrogens is 1. The van der Waals surface area contributed by atoms with Gasteiger partial charge in [-0.25, -0.2) is 4.98 Å². The van der Waals surface area contributed by atoms with Crippen molar-refractivity contribution in [1.82, 2.24) is 15.2 Å². The number of aromatic amines is 1. The maximum absolute atomic E-state index is 12.4. The summed E-state index contributed by atoms with van der Waals surface area (Å²) in [5.74, 6) is -0.369. The lowest BCUT2D eigenvalue weighted by molar-refractivity contribution is 0.102. The molecule has 4 aromatic rings. The third kappa shape index (κ3) is 3.24. The van der Waals surface area contributed by atoms with Gasteiger partial charge in [0.25, 0.3) is 5.91 Å². The van der Waals surface area contributed by atoms with Crippen molar-refractivity contribution in [2.24, 2.45) is 0 Å². The highest BCUT2D eigenvalue weighted by molar-refractivity contribution is 7.22. The van der Waals surface area contributed by atoms with Crippen LogP contribution in [0.15, 0.2) is 42.5 Å². The highest BCUT2D eigenvalue weighted by atomic mass is 35.5. The van der Waals surface area contributed by atoms with Gasteiger partial charge < -0.3 is 5.11 Å². The number of rotatable bonds is 3. The smallest absolute Gasteiger partial charge is 0.275 e. The normalized spacial score (nSPS) is 11.0. The summed E-state index contributed by atoms with van der Waals surface area (Å²) < 4.78 is 0.877. The topological polar surface area (TPSA) is 90.9 Å². The number of nitrogens with zero attached hydrogens (tertiary/aromatic N) is 2. The number of amides is 1. The molecule has 130 valence electrons. The van der Waals surface area contributed by atoms with E-state index in [1.807, 2.05) is 0 Å².